The van der Waals surface area contributed by atoms with E-state index in [1.54, 1.807) is 10.6 Å². The van der Waals surface area contributed by atoms with Crippen molar-refractivity contribution in [1.29, 1.82) is 0 Å². The van der Waals surface area contributed by atoms with E-state index in [-0.39, 0.29) is 0 Å². The van der Waals surface area contributed by atoms with Crippen LogP contribution in [0.2, 0.25) is 0 Å². The van der Waals surface area contributed by atoms with Crippen molar-refractivity contribution in [1.82, 2.24) is 9.34 Å². The van der Waals surface area contributed by atoms with Crippen LogP contribution in [0.15, 0.2) is 84.9 Å². The molecule has 4 aliphatic heterocycles. The van der Waals surface area contributed by atoms with Gasteiger partial charge in [0.1, 0.15) is 16.4 Å². The summed E-state index contributed by atoms with van der Waals surface area (Å²) >= 11 is 0. The normalized spacial score (nSPS) is 29.1. The zero-order chi connectivity index (χ0) is 22.5. The van der Waals surface area contributed by atoms with Gasteiger partial charge < -0.3 is 9.34 Å². The molecule has 0 spiro atoms. The highest BCUT2D eigenvalue weighted by Gasteiger charge is 2.48. The molecule has 2 unspecified atom stereocenters. The topological polar surface area (TPSA) is 13.0 Å². The molecule has 0 saturated carbocycles. The van der Waals surface area contributed by atoms with Crippen LogP contribution in [-0.2, 0) is 0 Å². The molecule has 0 aliphatic carbocycles. The van der Waals surface area contributed by atoms with Crippen molar-refractivity contribution >= 4 is 38.4 Å². The Hall–Kier alpha value is -1.96. The van der Waals surface area contributed by atoms with Gasteiger partial charge in [0.25, 0.3) is 0 Å². The molecule has 3 aromatic carbocycles. The third kappa shape index (κ3) is 3.50. The Morgan fingerprint density at radius 3 is 1.38 bits per heavy atom. The fourth-order valence-electron chi connectivity index (χ4n) is 6.31. The Balaban J connectivity index is 1.34. The fraction of sp³-hybridized carbons (Fsp3) is 0.357. The zero-order valence-electron chi connectivity index (χ0n) is 19.6. The minimum absolute atomic E-state index is 0.534. The summed E-state index contributed by atoms with van der Waals surface area (Å²) in [5.74, 6) is 0. The summed E-state index contributed by atoms with van der Waals surface area (Å²) in [4.78, 5) is 0. The number of hydrogen-bond donors (Lipinski definition) is 0. The predicted octanol–water partition coefficient (Wildman–Crippen LogP) is 5.53. The van der Waals surface area contributed by atoms with Crippen LogP contribution in [0.3, 0.4) is 0 Å². The molecule has 0 radical (unpaired) electrons. The maximum Gasteiger partial charge on any atom is 0.101 e. The Labute approximate surface area is 205 Å². The Kier molecular flexibility index (Phi) is 5.60. The summed E-state index contributed by atoms with van der Waals surface area (Å²) < 4.78 is 11.2. The lowest BCUT2D eigenvalue weighted by molar-refractivity contribution is 0.467. The highest BCUT2D eigenvalue weighted by molar-refractivity contribution is 7.71. The van der Waals surface area contributed by atoms with E-state index in [0.717, 1.165) is 13.1 Å². The highest BCUT2D eigenvalue weighted by atomic mass is 31.1. The minimum atomic E-state index is -0.534. The second kappa shape index (κ2) is 8.92. The molecule has 0 amide bonds. The third-order valence-electron chi connectivity index (χ3n) is 7.82. The monoisotopic (exact) mass is 486 g/mol. The summed E-state index contributed by atoms with van der Waals surface area (Å²) in [6.07, 6.45) is 5.35. The second-order valence-electron chi connectivity index (χ2n) is 9.82. The molecule has 3 aromatic rings. The number of fused-ring (bicyclic) bond motifs is 2. The van der Waals surface area contributed by atoms with Crippen molar-refractivity contribution in [2.24, 2.45) is 0 Å². The van der Waals surface area contributed by atoms with Crippen molar-refractivity contribution in [3.8, 4) is 0 Å². The lowest BCUT2D eigenvalue weighted by Crippen LogP contribution is -2.36. The van der Waals surface area contributed by atoms with Gasteiger partial charge in [0.2, 0.25) is 0 Å². The molecule has 4 fully saturated rings. The molecule has 174 valence electrons. The average Bonchev–Trinajstić information content (AvgIpc) is 3.66. The Morgan fingerprint density at radius 1 is 0.529 bits per heavy atom. The number of anilines is 2. The van der Waals surface area contributed by atoms with Crippen LogP contribution in [0.4, 0.5) is 11.4 Å². The van der Waals surface area contributed by atoms with Crippen molar-refractivity contribution in [2.45, 2.75) is 37.8 Å². The molecule has 6 heteroatoms. The predicted molar refractivity (Wildman–Crippen MR) is 147 cm³/mol. The van der Waals surface area contributed by atoms with Gasteiger partial charge in [-0.25, -0.2) is 0 Å². The first kappa shape index (κ1) is 21.3. The van der Waals surface area contributed by atoms with E-state index in [4.69, 9.17) is 0 Å². The van der Waals surface area contributed by atoms with E-state index in [1.165, 1.54) is 50.1 Å². The molecular weight excluding hydrogens is 454 g/mol. The Morgan fingerprint density at radius 2 is 0.941 bits per heavy atom. The smallest absolute Gasteiger partial charge is 0.101 e. The summed E-state index contributed by atoms with van der Waals surface area (Å²) in [5, 5.41) is 3.18. The molecule has 34 heavy (non-hydrogen) atoms. The SMILES string of the molecule is c1ccc(N2C[C@@H]3CCCN3P2c2ccccc2P2N(c3ccccc3)C[C@@H]3CCCN32)cc1. The standard InChI is InChI=1S/C28H32N4P2/c1-3-11-23(12-4-1)31-21-25-15-9-19-29(25)33(31)27-17-7-8-18-28(27)34-30-20-10-16-26(30)22-32(34)24-13-5-2-6-14-24/h1-8,11-14,17-18,25-26H,9-10,15-16,19-22H2/t25-,26-,33?,34?/m0/s1. The van der Waals surface area contributed by atoms with Crippen molar-refractivity contribution in [3.05, 3.63) is 84.9 Å². The van der Waals surface area contributed by atoms with Gasteiger partial charge in [0.15, 0.2) is 0 Å². The van der Waals surface area contributed by atoms with Gasteiger partial charge in [0.05, 0.1) is 0 Å². The maximum absolute atomic E-state index is 2.86. The molecule has 4 nitrogen and oxygen atoms in total. The number of rotatable bonds is 4. The largest absolute Gasteiger partial charge is 0.333 e. The molecule has 0 aromatic heterocycles. The van der Waals surface area contributed by atoms with E-state index in [0.29, 0.717) is 12.1 Å². The molecule has 4 aliphatic rings. The van der Waals surface area contributed by atoms with E-state index in [1.807, 2.05) is 0 Å². The van der Waals surface area contributed by atoms with Gasteiger partial charge in [-0.15, -0.1) is 0 Å². The molecule has 0 N–H and O–H groups in total. The van der Waals surface area contributed by atoms with Gasteiger partial charge in [-0.3, -0.25) is 9.34 Å². The van der Waals surface area contributed by atoms with Crippen LogP contribution in [-0.4, -0.2) is 47.6 Å². The summed E-state index contributed by atoms with van der Waals surface area (Å²) in [6, 6.07) is 33.2. The van der Waals surface area contributed by atoms with Crippen LogP contribution in [0.25, 0.3) is 0 Å². The van der Waals surface area contributed by atoms with Crippen LogP contribution >= 0.6 is 16.4 Å². The number of benzene rings is 3. The summed E-state index contributed by atoms with van der Waals surface area (Å²) in [6.45, 7) is 4.80. The van der Waals surface area contributed by atoms with Crippen molar-refractivity contribution in [3.63, 3.8) is 0 Å². The first-order valence-corrected chi connectivity index (χ1v) is 15.3. The molecule has 4 atom stereocenters. The molecular formula is C28H32N4P2. The molecule has 7 rings (SSSR count). The van der Waals surface area contributed by atoms with E-state index >= 15 is 0 Å². The first-order valence-electron chi connectivity index (χ1n) is 12.8. The van der Waals surface area contributed by atoms with Crippen molar-refractivity contribution in [2.75, 3.05) is 35.5 Å². The first-order chi connectivity index (χ1) is 16.9. The number of nitrogens with zero attached hydrogens (tertiary/aromatic N) is 4. The van der Waals surface area contributed by atoms with Crippen molar-refractivity contribution < 1.29 is 0 Å². The minimum Gasteiger partial charge on any atom is -0.333 e. The Bertz CT molecular complexity index is 1050. The number of para-hydroxylation sites is 2. The third-order valence-corrected chi connectivity index (χ3v) is 13.4. The van der Waals surface area contributed by atoms with E-state index in [9.17, 15) is 0 Å². The lowest BCUT2D eigenvalue weighted by atomic mass is 10.2. The van der Waals surface area contributed by atoms with Gasteiger partial charge >= 0.3 is 0 Å². The fourth-order valence-corrected chi connectivity index (χ4v) is 12.5. The average molecular weight is 487 g/mol. The highest BCUT2D eigenvalue weighted by Crippen LogP contribution is 2.59. The van der Waals surface area contributed by atoms with Crippen LogP contribution in [0.1, 0.15) is 25.7 Å². The lowest BCUT2D eigenvalue weighted by Gasteiger charge is -2.36. The van der Waals surface area contributed by atoms with E-state index < -0.39 is 16.4 Å². The number of hydrogen-bond acceptors (Lipinski definition) is 4. The quantitative estimate of drug-likeness (QED) is 0.450. The molecule has 0 bridgehead atoms. The second-order valence-corrected chi connectivity index (χ2v) is 13.9. The van der Waals surface area contributed by atoms with Crippen LogP contribution in [0.5, 0.6) is 0 Å². The van der Waals surface area contributed by atoms with Gasteiger partial charge in [-0.1, -0.05) is 60.7 Å². The van der Waals surface area contributed by atoms with Gasteiger partial charge in [-0.2, -0.15) is 0 Å². The van der Waals surface area contributed by atoms with E-state index in [2.05, 4.69) is 104 Å². The van der Waals surface area contributed by atoms with Gasteiger partial charge in [0, 0.05) is 60.2 Å². The van der Waals surface area contributed by atoms with Crippen LogP contribution in [0, 0.1) is 0 Å². The molecule has 4 saturated heterocycles. The summed E-state index contributed by atoms with van der Waals surface area (Å²) in [5.41, 5.74) is 2.77. The van der Waals surface area contributed by atoms with Crippen LogP contribution < -0.4 is 19.9 Å². The zero-order valence-corrected chi connectivity index (χ0v) is 21.4. The molecule has 4 heterocycles. The van der Waals surface area contributed by atoms with Gasteiger partial charge in [-0.05, 0) is 49.9 Å². The summed E-state index contributed by atoms with van der Waals surface area (Å²) in [7, 11) is -1.07. The maximum atomic E-state index is 2.86.